The van der Waals surface area contributed by atoms with E-state index in [0.29, 0.717) is 12.5 Å². The van der Waals surface area contributed by atoms with Crippen molar-refractivity contribution in [1.82, 2.24) is 34.7 Å². The molecule has 0 atom stereocenters. The molecule has 0 bridgehead atoms. The summed E-state index contributed by atoms with van der Waals surface area (Å²) in [6.07, 6.45) is 5.24. The molecular weight excluding hydrogens is 318 g/mol. The van der Waals surface area contributed by atoms with E-state index in [-0.39, 0.29) is 5.56 Å². The average molecular weight is 337 g/mol. The molecular formula is C17H19N7O. The standard InChI is InChI=1S/C17H19N7O/c1-22-19-8-15(20-22)12-23-9-13(10-23)11-24-17(25)3-2-16(21-24)14-4-6-18-7-5-14/h2-8,13H,9-12H2,1H3. The Balaban J connectivity index is 1.39. The van der Waals surface area contributed by atoms with Gasteiger partial charge in [-0.25, -0.2) is 4.68 Å². The Labute approximate surface area is 144 Å². The van der Waals surface area contributed by atoms with Crippen molar-refractivity contribution >= 4 is 0 Å². The van der Waals surface area contributed by atoms with Crippen molar-refractivity contribution in [2.45, 2.75) is 13.1 Å². The van der Waals surface area contributed by atoms with Crippen molar-refractivity contribution in [1.29, 1.82) is 0 Å². The molecule has 128 valence electrons. The third kappa shape index (κ3) is 3.48. The maximum atomic E-state index is 12.1. The molecule has 1 fully saturated rings. The molecule has 4 rings (SSSR count). The van der Waals surface area contributed by atoms with Crippen LogP contribution in [-0.2, 0) is 20.1 Å². The Morgan fingerprint density at radius 1 is 1.12 bits per heavy atom. The summed E-state index contributed by atoms with van der Waals surface area (Å²) in [4.78, 5) is 20.0. The SMILES string of the molecule is Cn1ncc(CN2CC(Cn3nc(-c4ccncc4)ccc3=O)C2)n1. The second-order valence-corrected chi connectivity index (χ2v) is 6.36. The zero-order valence-electron chi connectivity index (χ0n) is 14.0. The van der Waals surface area contributed by atoms with Gasteiger partial charge in [-0.15, -0.1) is 0 Å². The van der Waals surface area contributed by atoms with E-state index in [0.717, 1.165) is 36.6 Å². The predicted molar refractivity (Wildman–Crippen MR) is 91.5 cm³/mol. The summed E-state index contributed by atoms with van der Waals surface area (Å²) in [5.74, 6) is 0.426. The Bertz CT molecular complexity index is 912. The summed E-state index contributed by atoms with van der Waals surface area (Å²) in [7, 11) is 1.82. The van der Waals surface area contributed by atoms with Crippen LogP contribution in [0.5, 0.6) is 0 Å². The number of hydrogen-bond acceptors (Lipinski definition) is 6. The fourth-order valence-corrected chi connectivity index (χ4v) is 3.11. The highest BCUT2D eigenvalue weighted by Crippen LogP contribution is 2.19. The first-order valence-corrected chi connectivity index (χ1v) is 8.23. The highest BCUT2D eigenvalue weighted by Gasteiger charge is 2.28. The second-order valence-electron chi connectivity index (χ2n) is 6.36. The van der Waals surface area contributed by atoms with Crippen LogP contribution in [0.25, 0.3) is 11.3 Å². The molecule has 0 aliphatic carbocycles. The van der Waals surface area contributed by atoms with Crippen LogP contribution in [0.4, 0.5) is 0 Å². The summed E-state index contributed by atoms with van der Waals surface area (Å²) < 4.78 is 1.57. The predicted octanol–water partition coefficient (Wildman–Crippen LogP) is 0.566. The molecule has 0 aromatic carbocycles. The molecule has 25 heavy (non-hydrogen) atoms. The summed E-state index contributed by atoms with van der Waals surface area (Å²) in [5, 5.41) is 12.9. The van der Waals surface area contributed by atoms with Crippen LogP contribution in [0.1, 0.15) is 5.69 Å². The molecule has 0 N–H and O–H groups in total. The highest BCUT2D eigenvalue weighted by molar-refractivity contribution is 5.56. The first-order valence-electron chi connectivity index (χ1n) is 8.23. The zero-order chi connectivity index (χ0) is 17.2. The lowest BCUT2D eigenvalue weighted by atomic mass is 10.00. The van der Waals surface area contributed by atoms with Gasteiger partial charge >= 0.3 is 0 Å². The van der Waals surface area contributed by atoms with Gasteiger partial charge in [0.25, 0.3) is 5.56 Å². The van der Waals surface area contributed by atoms with Gasteiger partial charge in [0.1, 0.15) is 0 Å². The molecule has 8 nitrogen and oxygen atoms in total. The molecule has 0 unspecified atom stereocenters. The van der Waals surface area contributed by atoms with Gasteiger partial charge < -0.3 is 0 Å². The number of pyridine rings is 1. The van der Waals surface area contributed by atoms with Gasteiger partial charge in [0, 0.05) is 56.6 Å². The number of hydrogen-bond donors (Lipinski definition) is 0. The molecule has 0 saturated carbocycles. The second kappa shape index (κ2) is 6.56. The van der Waals surface area contributed by atoms with E-state index >= 15 is 0 Å². The molecule has 1 saturated heterocycles. The van der Waals surface area contributed by atoms with Crippen molar-refractivity contribution in [3.63, 3.8) is 0 Å². The number of nitrogens with zero attached hydrogens (tertiary/aromatic N) is 7. The number of rotatable bonds is 5. The van der Waals surface area contributed by atoms with Gasteiger partial charge in [-0.05, 0) is 18.2 Å². The molecule has 3 aromatic heterocycles. The highest BCUT2D eigenvalue weighted by atomic mass is 16.1. The molecule has 1 aliphatic rings. The lowest BCUT2D eigenvalue weighted by Crippen LogP contribution is -2.48. The summed E-state index contributed by atoms with van der Waals surface area (Å²) in [6.45, 7) is 3.30. The summed E-state index contributed by atoms with van der Waals surface area (Å²) >= 11 is 0. The first kappa shape index (κ1) is 15.6. The normalized spacial score (nSPS) is 15.2. The van der Waals surface area contributed by atoms with E-state index < -0.39 is 0 Å². The molecule has 3 aromatic rings. The fourth-order valence-electron chi connectivity index (χ4n) is 3.11. The average Bonchev–Trinajstić information content (AvgIpc) is 3.00. The van der Waals surface area contributed by atoms with Crippen molar-refractivity contribution in [3.05, 3.63) is 58.9 Å². The van der Waals surface area contributed by atoms with Gasteiger partial charge in [0.2, 0.25) is 0 Å². The summed E-state index contributed by atoms with van der Waals surface area (Å²) in [6, 6.07) is 7.13. The van der Waals surface area contributed by atoms with Gasteiger partial charge in [-0.3, -0.25) is 14.7 Å². The van der Waals surface area contributed by atoms with E-state index in [1.54, 1.807) is 40.2 Å². The Kier molecular flexibility index (Phi) is 4.10. The van der Waals surface area contributed by atoms with Crippen LogP contribution in [0, 0.1) is 5.92 Å². The van der Waals surface area contributed by atoms with Crippen LogP contribution in [0.2, 0.25) is 0 Å². The largest absolute Gasteiger partial charge is 0.297 e. The minimum Gasteiger partial charge on any atom is -0.297 e. The number of aryl methyl sites for hydroxylation is 1. The van der Waals surface area contributed by atoms with E-state index in [1.807, 2.05) is 19.2 Å². The lowest BCUT2D eigenvalue weighted by molar-refractivity contribution is 0.0753. The first-order chi connectivity index (χ1) is 12.2. The van der Waals surface area contributed by atoms with Gasteiger partial charge in [0.05, 0.1) is 24.1 Å². The third-order valence-corrected chi connectivity index (χ3v) is 4.34. The van der Waals surface area contributed by atoms with Gasteiger partial charge in [-0.2, -0.15) is 20.1 Å². The Morgan fingerprint density at radius 2 is 1.92 bits per heavy atom. The number of likely N-dealkylation sites (tertiary alicyclic amines) is 1. The van der Waals surface area contributed by atoms with Crippen LogP contribution in [-0.4, -0.2) is 47.7 Å². The Hall–Kier alpha value is -2.87. The molecule has 8 heteroatoms. The van der Waals surface area contributed by atoms with Crippen molar-refractivity contribution < 1.29 is 0 Å². The fraction of sp³-hybridized carbons (Fsp3) is 0.353. The Morgan fingerprint density at radius 3 is 2.64 bits per heavy atom. The zero-order valence-corrected chi connectivity index (χ0v) is 14.0. The van der Waals surface area contributed by atoms with Crippen LogP contribution in [0.3, 0.4) is 0 Å². The van der Waals surface area contributed by atoms with Crippen molar-refractivity contribution in [3.8, 4) is 11.3 Å². The molecule has 4 heterocycles. The number of aromatic nitrogens is 6. The third-order valence-electron chi connectivity index (χ3n) is 4.34. The smallest absolute Gasteiger partial charge is 0.266 e. The molecule has 1 aliphatic heterocycles. The van der Waals surface area contributed by atoms with E-state index in [4.69, 9.17) is 0 Å². The van der Waals surface area contributed by atoms with E-state index in [1.165, 1.54) is 0 Å². The maximum absolute atomic E-state index is 12.1. The van der Waals surface area contributed by atoms with Crippen molar-refractivity contribution in [2.75, 3.05) is 13.1 Å². The van der Waals surface area contributed by atoms with Crippen LogP contribution in [0.15, 0.2) is 47.7 Å². The van der Waals surface area contributed by atoms with Gasteiger partial charge in [0.15, 0.2) is 0 Å². The van der Waals surface area contributed by atoms with Crippen LogP contribution >= 0.6 is 0 Å². The maximum Gasteiger partial charge on any atom is 0.266 e. The summed E-state index contributed by atoms with van der Waals surface area (Å²) in [5.41, 5.74) is 2.65. The minimum atomic E-state index is -0.0646. The molecule has 0 spiro atoms. The van der Waals surface area contributed by atoms with Crippen LogP contribution < -0.4 is 5.56 Å². The van der Waals surface area contributed by atoms with Crippen molar-refractivity contribution in [2.24, 2.45) is 13.0 Å². The topological polar surface area (TPSA) is 81.7 Å². The van der Waals surface area contributed by atoms with E-state index in [2.05, 4.69) is 25.2 Å². The monoisotopic (exact) mass is 337 g/mol. The van der Waals surface area contributed by atoms with Gasteiger partial charge in [-0.1, -0.05) is 0 Å². The lowest BCUT2D eigenvalue weighted by Gasteiger charge is -2.38. The molecule has 0 amide bonds. The molecule has 0 radical (unpaired) electrons. The van der Waals surface area contributed by atoms with E-state index in [9.17, 15) is 4.79 Å². The quantitative estimate of drug-likeness (QED) is 0.677. The minimum absolute atomic E-state index is 0.0646.